The van der Waals surface area contributed by atoms with E-state index in [0.29, 0.717) is 0 Å². The summed E-state index contributed by atoms with van der Waals surface area (Å²) < 4.78 is 13.6. The summed E-state index contributed by atoms with van der Waals surface area (Å²) in [4.78, 5) is 7.86. The van der Waals surface area contributed by atoms with Crippen LogP contribution in [-0.4, -0.2) is 23.2 Å². The molecule has 0 aliphatic carbocycles. The highest BCUT2D eigenvalue weighted by atomic mass is 31.1. The monoisotopic (exact) mass is 125 g/mol. The normalized spacial score (nSPS) is 11.4. The fraction of sp³-hybridized carbons (Fsp3) is 1.00. The van der Waals surface area contributed by atoms with Crippen molar-refractivity contribution in [3.8, 4) is 0 Å². The lowest BCUT2D eigenvalue weighted by atomic mass is 10.8. The van der Waals surface area contributed by atoms with Gasteiger partial charge in [-0.05, 0) is 0 Å². The number of aliphatic hydroxyl groups is 1. The molecule has 0 amide bonds. The Balaban J connectivity index is 2.82. The van der Waals surface area contributed by atoms with E-state index in [1.165, 1.54) is 0 Å². The molecule has 0 aromatic rings. The van der Waals surface area contributed by atoms with Crippen LogP contribution in [0.4, 0.5) is 0 Å². The number of hydrogen-bond acceptors (Lipinski definition) is 3. The van der Waals surface area contributed by atoms with Crippen molar-refractivity contribution in [3.63, 3.8) is 0 Å². The van der Waals surface area contributed by atoms with Crippen LogP contribution in [0.3, 0.4) is 0 Å². The average molecular weight is 125 g/mol. The van der Waals surface area contributed by atoms with Crippen LogP contribution in [0, 0.1) is 0 Å². The van der Waals surface area contributed by atoms with Crippen molar-refractivity contribution in [3.05, 3.63) is 0 Å². The molecular formula is C2H6O4P+. The smallest absolute Gasteiger partial charge is 0.394 e. The van der Waals surface area contributed by atoms with Crippen LogP contribution in [0.2, 0.25) is 0 Å². The summed E-state index contributed by atoms with van der Waals surface area (Å²) in [5, 5.41) is 7.95. The van der Waals surface area contributed by atoms with Gasteiger partial charge >= 0.3 is 8.25 Å². The third kappa shape index (κ3) is 5.98. The maximum absolute atomic E-state index is 9.57. The van der Waals surface area contributed by atoms with Crippen molar-refractivity contribution in [2.45, 2.75) is 0 Å². The predicted octanol–water partition coefficient (Wildman–Crippen LogP) is -0.355. The summed E-state index contributed by atoms with van der Waals surface area (Å²) in [6.45, 7) is -0.298. The molecule has 0 bridgehead atoms. The minimum atomic E-state index is -2.52. The molecule has 0 heterocycles. The molecule has 2 N–H and O–H groups in total. The molecule has 0 aliphatic heterocycles. The third-order valence-corrected chi connectivity index (χ3v) is 0.696. The minimum absolute atomic E-state index is 0.0777. The van der Waals surface area contributed by atoms with Gasteiger partial charge in [0.25, 0.3) is 0 Å². The maximum atomic E-state index is 9.57. The largest absolute Gasteiger partial charge is 0.694 e. The van der Waals surface area contributed by atoms with Crippen LogP contribution < -0.4 is 0 Å². The van der Waals surface area contributed by atoms with E-state index in [1.54, 1.807) is 0 Å². The topological polar surface area (TPSA) is 66.8 Å². The summed E-state index contributed by atoms with van der Waals surface area (Å²) in [7, 11) is -2.52. The van der Waals surface area contributed by atoms with Gasteiger partial charge in [0.15, 0.2) is 0 Å². The van der Waals surface area contributed by atoms with E-state index in [-0.39, 0.29) is 13.2 Å². The van der Waals surface area contributed by atoms with Gasteiger partial charge in [0, 0.05) is 4.57 Å². The van der Waals surface area contributed by atoms with Crippen molar-refractivity contribution in [1.29, 1.82) is 0 Å². The van der Waals surface area contributed by atoms with E-state index < -0.39 is 8.25 Å². The highest BCUT2D eigenvalue weighted by Crippen LogP contribution is 2.12. The van der Waals surface area contributed by atoms with Crippen molar-refractivity contribution >= 4 is 8.25 Å². The van der Waals surface area contributed by atoms with Gasteiger partial charge in [-0.25, -0.2) is 0 Å². The standard InChI is InChI=1S/C2H5O4P/c3-1-2-6-7(4)5/h3H,1-2H2/p+1. The lowest BCUT2D eigenvalue weighted by molar-refractivity contribution is 0.193. The molecule has 0 rings (SSSR count). The molecule has 7 heavy (non-hydrogen) atoms. The Morgan fingerprint density at radius 1 is 1.71 bits per heavy atom. The van der Waals surface area contributed by atoms with E-state index in [4.69, 9.17) is 10.00 Å². The van der Waals surface area contributed by atoms with Crippen molar-refractivity contribution in [2.24, 2.45) is 0 Å². The molecule has 5 heteroatoms. The maximum Gasteiger partial charge on any atom is 0.694 e. The zero-order chi connectivity index (χ0) is 5.70. The Hall–Kier alpha value is -0.0200. The summed E-state index contributed by atoms with van der Waals surface area (Å²) in [6.07, 6.45) is 0. The average Bonchev–Trinajstić information content (AvgIpc) is 1.61. The first-order chi connectivity index (χ1) is 3.27. The molecule has 42 valence electrons. The van der Waals surface area contributed by atoms with E-state index in [0.717, 1.165) is 0 Å². The Bertz CT molecular complexity index is 62.7. The van der Waals surface area contributed by atoms with Crippen LogP contribution in [0.5, 0.6) is 0 Å². The van der Waals surface area contributed by atoms with Crippen molar-refractivity contribution < 1.29 is 19.1 Å². The van der Waals surface area contributed by atoms with E-state index >= 15 is 0 Å². The first-order valence-corrected chi connectivity index (χ1v) is 2.80. The van der Waals surface area contributed by atoms with Gasteiger partial charge in [-0.1, -0.05) is 0 Å². The second-order valence-electron chi connectivity index (χ2n) is 0.795. The van der Waals surface area contributed by atoms with E-state index in [9.17, 15) is 4.57 Å². The van der Waals surface area contributed by atoms with Crippen molar-refractivity contribution in [2.75, 3.05) is 13.2 Å². The Morgan fingerprint density at radius 2 is 2.29 bits per heavy atom. The first-order valence-electron chi connectivity index (χ1n) is 1.67. The molecule has 0 saturated carbocycles. The van der Waals surface area contributed by atoms with Gasteiger partial charge in [-0.15, -0.1) is 9.42 Å². The van der Waals surface area contributed by atoms with E-state index in [2.05, 4.69) is 4.52 Å². The zero-order valence-corrected chi connectivity index (χ0v) is 4.47. The molecule has 0 spiro atoms. The van der Waals surface area contributed by atoms with Crippen LogP contribution in [-0.2, 0) is 9.09 Å². The summed E-state index contributed by atoms with van der Waals surface area (Å²) >= 11 is 0. The molecule has 0 radical (unpaired) electrons. The Labute approximate surface area is 41.7 Å². The molecule has 4 nitrogen and oxygen atoms in total. The predicted molar refractivity (Wildman–Crippen MR) is 22.9 cm³/mol. The zero-order valence-electron chi connectivity index (χ0n) is 3.57. The molecule has 0 fully saturated rings. The van der Waals surface area contributed by atoms with Gasteiger partial charge in [0.1, 0.15) is 6.61 Å². The number of hydrogen-bond donors (Lipinski definition) is 2. The van der Waals surface area contributed by atoms with E-state index in [1.807, 2.05) is 0 Å². The molecular weight excluding hydrogens is 119 g/mol. The Morgan fingerprint density at radius 3 is 2.43 bits per heavy atom. The van der Waals surface area contributed by atoms with Crippen LogP contribution >= 0.6 is 8.25 Å². The number of rotatable bonds is 3. The second kappa shape index (κ2) is 4.15. The molecule has 1 atom stereocenters. The fourth-order valence-corrected chi connectivity index (χ4v) is 0.357. The SMILES string of the molecule is O=[P+](O)OCCO. The summed E-state index contributed by atoms with van der Waals surface area (Å²) in [6, 6.07) is 0. The van der Waals surface area contributed by atoms with Crippen LogP contribution in [0.15, 0.2) is 0 Å². The quantitative estimate of drug-likeness (QED) is 0.505. The molecule has 1 unspecified atom stereocenters. The highest BCUT2D eigenvalue weighted by molar-refractivity contribution is 7.32. The molecule has 0 aliphatic rings. The van der Waals surface area contributed by atoms with Gasteiger partial charge in [-0.2, -0.15) is 0 Å². The van der Waals surface area contributed by atoms with Crippen LogP contribution in [0.1, 0.15) is 0 Å². The van der Waals surface area contributed by atoms with Crippen molar-refractivity contribution in [1.82, 2.24) is 0 Å². The molecule has 0 aromatic heterocycles. The Kier molecular flexibility index (Phi) is 4.14. The van der Waals surface area contributed by atoms with Gasteiger partial charge in [-0.3, -0.25) is 0 Å². The number of aliphatic hydroxyl groups excluding tert-OH is 1. The van der Waals surface area contributed by atoms with Gasteiger partial charge in [0.2, 0.25) is 0 Å². The molecule has 0 aromatic carbocycles. The van der Waals surface area contributed by atoms with Gasteiger partial charge < -0.3 is 5.11 Å². The third-order valence-electron chi connectivity index (χ3n) is 0.293. The lowest BCUT2D eigenvalue weighted by Gasteiger charge is -1.76. The van der Waals surface area contributed by atoms with Crippen LogP contribution in [0.25, 0.3) is 0 Å². The summed E-state index contributed by atoms with van der Waals surface area (Å²) in [5.41, 5.74) is 0. The second-order valence-corrected chi connectivity index (χ2v) is 1.53. The van der Waals surface area contributed by atoms with Gasteiger partial charge in [0.05, 0.1) is 6.61 Å². The summed E-state index contributed by atoms with van der Waals surface area (Å²) in [5.74, 6) is 0. The fourth-order valence-electron chi connectivity index (χ4n) is 0.119. The highest BCUT2D eigenvalue weighted by Gasteiger charge is 2.08. The lowest BCUT2D eigenvalue weighted by Crippen LogP contribution is -1.90. The minimum Gasteiger partial charge on any atom is -0.394 e. The first kappa shape index (κ1) is 6.98. The molecule has 0 saturated heterocycles.